The Kier molecular flexibility index (Phi) is 5.22. The number of fused-ring (bicyclic) bond motifs is 1. The average molecular weight is 375 g/mol. The third-order valence-electron chi connectivity index (χ3n) is 4.48. The van der Waals surface area contributed by atoms with Gasteiger partial charge in [-0.05, 0) is 31.5 Å². The smallest absolute Gasteiger partial charge is 0.326 e. The fraction of sp³-hybridized carbons (Fsp3) is 0.444. The van der Waals surface area contributed by atoms with Gasteiger partial charge in [-0.1, -0.05) is 13.3 Å². The lowest BCUT2D eigenvalue weighted by Crippen LogP contribution is -2.44. The Morgan fingerprint density at radius 2 is 2.23 bits per heavy atom. The molecule has 3 rings (SSSR count). The van der Waals surface area contributed by atoms with Crippen LogP contribution in [0.1, 0.15) is 31.2 Å². The molecule has 2 unspecified atom stereocenters. The normalized spacial score (nSPS) is 18.3. The van der Waals surface area contributed by atoms with Crippen LogP contribution in [0.15, 0.2) is 18.2 Å². The van der Waals surface area contributed by atoms with Gasteiger partial charge >= 0.3 is 5.97 Å². The topological polar surface area (TPSA) is 99.6 Å². The van der Waals surface area contributed by atoms with Gasteiger partial charge in [0, 0.05) is 18.7 Å². The lowest BCUT2D eigenvalue weighted by atomic mass is 10.1. The first-order valence-electron chi connectivity index (χ1n) is 8.59. The first-order valence-corrected chi connectivity index (χ1v) is 9.41. The quantitative estimate of drug-likeness (QED) is 0.807. The van der Waals surface area contributed by atoms with E-state index in [0.717, 1.165) is 15.2 Å². The Bertz CT molecular complexity index is 863. The summed E-state index contributed by atoms with van der Waals surface area (Å²) in [6.45, 7) is 4.04. The van der Waals surface area contributed by atoms with Gasteiger partial charge in [-0.15, -0.1) is 11.3 Å². The summed E-state index contributed by atoms with van der Waals surface area (Å²) in [5, 5.41) is 12.7. The van der Waals surface area contributed by atoms with Gasteiger partial charge in [0.05, 0.1) is 21.1 Å². The number of nitrogens with one attached hydrogen (secondary N) is 1. The second-order valence-electron chi connectivity index (χ2n) is 6.48. The largest absolute Gasteiger partial charge is 0.480 e. The number of aryl methyl sites for hydroxylation is 1. The molecule has 1 aromatic carbocycles. The highest BCUT2D eigenvalue weighted by atomic mass is 32.1. The van der Waals surface area contributed by atoms with E-state index >= 15 is 0 Å². The molecule has 8 heteroatoms. The third-order valence-corrected chi connectivity index (χ3v) is 5.43. The number of rotatable bonds is 6. The van der Waals surface area contributed by atoms with E-state index in [1.54, 1.807) is 16.2 Å². The fourth-order valence-electron chi connectivity index (χ4n) is 3.17. The third kappa shape index (κ3) is 3.70. The number of carbonyl (C=O) groups excluding carboxylic acids is 2. The molecule has 0 aliphatic carbocycles. The number of hydrogen-bond acceptors (Lipinski definition) is 5. The summed E-state index contributed by atoms with van der Waals surface area (Å²) in [6.07, 6.45) is 1.10. The standard InChI is InChI=1S/C18H21N3O4S/c1-3-4-13(18(24)25)20-17(23)11-7-16(22)21(9-11)12-5-6-15-14(8-12)19-10(2)26-15/h5-6,8,11,13H,3-4,7,9H2,1-2H3,(H,20,23)(H,24,25). The molecule has 0 spiro atoms. The maximum atomic E-state index is 12.4. The zero-order valence-electron chi connectivity index (χ0n) is 14.7. The van der Waals surface area contributed by atoms with Crippen LogP contribution in [0.4, 0.5) is 5.69 Å². The highest BCUT2D eigenvalue weighted by Crippen LogP contribution is 2.30. The molecule has 138 valence electrons. The molecule has 1 fully saturated rings. The van der Waals surface area contributed by atoms with Crippen molar-refractivity contribution in [2.75, 3.05) is 11.4 Å². The Hall–Kier alpha value is -2.48. The number of carbonyl (C=O) groups is 3. The molecule has 2 aromatic rings. The van der Waals surface area contributed by atoms with E-state index in [2.05, 4.69) is 10.3 Å². The molecular weight excluding hydrogens is 354 g/mol. The minimum absolute atomic E-state index is 0.0818. The van der Waals surface area contributed by atoms with Crippen molar-refractivity contribution in [1.82, 2.24) is 10.3 Å². The second-order valence-corrected chi connectivity index (χ2v) is 7.71. The van der Waals surface area contributed by atoms with Gasteiger partial charge < -0.3 is 15.3 Å². The number of carboxylic acid groups (broad SMARTS) is 1. The Balaban J connectivity index is 1.72. The predicted octanol–water partition coefficient (Wildman–Crippen LogP) is 2.33. The molecule has 26 heavy (non-hydrogen) atoms. The maximum Gasteiger partial charge on any atom is 0.326 e. The lowest BCUT2D eigenvalue weighted by molar-refractivity contribution is -0.142. The molecule has 0 saturated carbocycles. The van der Waals surface area contributed by atoms with Crippen molar-refractivity contribution in [3.05, 3.63) is 23.2 Å². The van der Waals surface area contributed by atoms with Crippen molar-refractivity contribution >= 4 is 45.0 Å². The van der Waals surface area contributed by atoms with Crippen LogP contribution in [0, 0.1) is 12.8 Å². The predicted molar refractivity (Wildman–Crippen MR) is 99.3 cm³/mol. The van der Waals surface area contributed by atoms with Crippen LogP contribution in [0.5, 0.6) is 0 Å². The highest BCUT2D eigenvalue weighted by molar-refractivity contribution is 7.18. The molecule has 0 radical (unpaired) electrons. The van der Waals surface area contributed by atoms with Crippen LogP contribution >= 0.6 is 11.3 Å². The van der Waals surface area contributed by atoms with E-state index in [4.69, 9.17) is 0 Å². The molecule has 1 aliphatic heterocycles. The van der Waals surface area contributed by atoms with E-state index in [9.17, 15) is 19.5 Å². The number of anilines is 1. The van der Waals surface area contributed by atoms with Gasteiger partial charge in [-0.3, -0.25) is 9.59 Å². The van der Waals surface area contributed by atoms with Crippen molar-refractivity contribution in [2.45, 2.75) is 39.2 Å². The summed E-state index contributed by atoms with van der Waals surface area (Å²) < 4.78 is 1.05. The van der Waals surface area contributed by atoms with Crippen molar-refractivity contribution in [2.24, 2.45) is 5.92 Å². The zero-order valence-corrected chi connectivity index (χ0v) is 15.5. The SMILES string of the molecule is CCCC(NC(=O)C1CC(=O)N(c2ccc3sc(C)nc3c2)C1)C(=O)O. The molecule has 7 nitrogen and oxygen atoms in total. The molecule has 2 atom stereocenters. The van der Waals surface area contributed by atoms with E-state index < -0.39 is 17.9 Å². The summed E-state index contributed by atoms with van der Waals surface area (Å²) in [4.78, 5) is 42.0. The molecule has 2 heterocycles. The molecule has 2 N–H and O–H groups in total. The Morgan fingerprint density at radius 3 is 2.92 bits per heavy atom. The Labute approximate surface area is 155 Å². The van der Waals surface area contributed by atoms with Gasteiger partial charge in [0.1, 0.15) is 6.04 Å². The first-order chi connectivity index (χ1) is 12.4. The number of amides is 2. The van der Waals surface area contributed by atoms with E-state index in [1.807, 2.05) is 32.0 Å². The molecule has 2 amide bonds. The lowest BCUT2D eigenvalue weighted by Gasteiger charge is -2.18. The number of aromatic nitrogens is 1. The van der Waals surface area contributed by atoms with Gasteiger partial charge in [0.2, 0.25) is 11.8 Å². The Morgan fingerprint density at radius 1 is 1.46 bits per heavy atom. The molecular formula is C18H21N3O4S. The van der Waals surface area contributed by atoms with Crippen LogP contribution in [0.2, 0.25) is 0 Å². The van der Waals surface area contributed by atoms with Crippen molar-refractivity contribution in [3.63, 3.8) is 0 Å². The van der Waals surface area contributed by atoms with Gasteiger partial charge in [-0.2, -0.15) is 0 Å². The van der Waals surface area contributed by atoms with Crippen LogP contribution in [-0.2, 0) is 14.4 Å². The summed E-state index contributed by atoms with van der Waals surface area (Å²) >= 11 is 1.59. The van der Waals surface area contributed by atoms with Crippen LogP contribution < -0.4 is 10.2 Å². The number of carboxylic acids is 1. The van der Waals surface area contributed by atoms with Crippen molar-refractivity contribution in [1.29, 1.82) is 0 Å². The van der Waals surface area contributed by atoms with Crippen LogP contribution in [0.25, 0.3) is 10.2 Å². The minimum Gasteiger partial charge on any atom is -0.480 e. The second kappa shape index (κ2) is 7.41. The highest BCUT2D eigenvalue weighted by Gasteiger charge is 2.36. The number of hydrogen-bond donors (Lipinski definition) is 2. The summed E-state index contributed by atoms with van der Waals surface area (Å²) in [7, 11) is 0. The minimum atomic E-state index is -1.05. The van der Waals surface area contributed by atoms with Crippen LogP contribution in [-0.4, -0.2) is 40.5 Å². The summed E-state index contributed by atoms with van der Waals surface area (Å²) in [5.41, 5.74) is 1.55. The van der Waals surface area contributed by atoms with Crippen molar-refractivity contribution < 1.29 is 19.5 Å². The number of benzene rings is 1. The van der Waals surface area contributed by atoms with E-state index in [1.165, 1.54) is 0 Å². The summed E-state index contributed by atoms with van der Waals surface area (Å²) in [5.74, 6) is -2.12. The zero-order chi connectivity index (χ0) is 18.8. The first kappa shape index (κ1) is 18.3. The van der Waals surface area contributed by atoms with Crippen LogP contribution in [0.3, 0.4) is 0 Å². The molecule has 1 saturated heterocycles. The number of aliphatic carboxylic acids is 1. The van der Waals surface area contributed by atoms with E-state index in [-0.39, 0.29) is 24.8 Å². The number of thiazole rings is 1. The fourth-order valence-corrected chi connectivity index (χ4v) is 3.97. The van der Waals surface area contributed by atoms with Gasteiger partial charge in [0.25, 0.3) is 0 Å². The number of nitrogens with zero attached hydrogens (tertiary/aromatic N) is 2. The molecule has 1 aromatic heterocycles. The monoisotopic (exact) mass is 375 g/mol. The molecule has 1 aliphatic rings. The average Bonchev–Trinajstić information content (AvgIpc) is 3.15. The van der Waals surface area contributed by atoms with Crippen molar-refractivity contribution in [3.8, 4) is 0 Å². The summed E-state index contributed by atoms with van der Waals surface area (Å²) in [6, 6.07) is 4.73. The molecule has 0 bridgehead atoms. The van der Waals surface area contributed by atoms with Gasteiger partial charge in [-0.25, -0.2) is 9.78 Å². The van der Waals surface area contributed by atoms with Gasteiger partial charge in [0.15, 0.2) is 0 Å². The maximum absolute atomic E-state index is 12.4. The van der Waals surface area contributed by atoms with E-state index in [0.29, 0.717) is 18.5 Å².